The highest BCUT2D eigenvalue weighted by molar-refractivity contribution is 6.07. The van der Waals surface area contributed by atoms with Crippen molar-refractivity contribution in [2.45, 2.75) is 6.42 Å². The lowest BCUT2D eigenvalue weighted by Crippen LogP contribution is -2.41. The zero-order chi connectivity index (χ0) is 20.5. The number of rotatable bonds is 5. The zero-order valence-corrected chi connectivity index (χ0v) is 16.7. The molecule has 4 heterocycles. The minimum atomic E-state index is -0.188. The van der Waals surface area contributed by atoms with E-state index in [-0.39, 0.29) is 18.1 Å². The van der Waals surface area contributed by atoms with E-state index in [9.17, 15) is 9.59 Å². The molecular weight excluding hydrogens is 374 g/mol. The van der Waals surface area contributed by atoms with Gasteiger partial charge in [-0.3, -0.25) is 14.3 Å². The largest absolute Gasteiger partial charge is 0.378 e. The molecule has 0 atom stereocenters. The molecule has 0 aliphatic carbocycles. The van der Waals surface area contributed by atoms with E-state index in [1.165, 1.54) is 10.9 Å². The number of pyridine rings is 1. The average molecular weight is 397 g/mol. The third-order valence-corrected chi connectivity index (χ3v) is 4.88. The molecule has 1 saturated heterocycles. The summed E-state index contributed by atoms with van der Waals surface area (Å²) in [5.74, 6) is 0.236. The van der Waals surface area contributed by atoms with Crippen LogP contribution in [-0.2, 0) is 18.2 Å². The van der Waals surface area contributed by atoms with Crippen LogP contribution in [-0.4, -0.2) is 81.4 Å². The average Bonchev–Trinajstić information content (AvgIpc) is 3.31. The number of hydrogen-bond acceptors (Lipinski definition) is 7. The molecule has 29 heavy (non-hydrogen) atoms. The predicted octanol–water partition coefficient (Wildman–Crippen LogP) is 0.427. The fourth-order valence-electron chi connectivity index (χ4n) is 3.34. The lowest BCUT2D eigenvalue weighted by Gasteiger charge is -2.26. The molecule has 4 rings (SSSR count). The molecule has 0 aromatic carbocycles. The van der Waals surface area contributed by atoms with Crippen LogP contribution in [0.2, 0.25) is 0 Å². The van der Waals surface area contributed by atoms with Gasteiger partial charge in [0.2, 0.25) is 5.95 Å². The van der Waals surface area contributed by atoms with Crippen LogP contribution in [0.5, 0.6) is 0 Å². The molecule has 1 fully saturated rings. The Bertz CT molecular complexity index is 1060. The predicted molar refractivity (Wildman–Crippen MR) is 105 cm³/mol. The van der Waals surface area contributed by atoms with Crippen molar-refractivity contribution in [2.24, 2.45) is 7.05 Å². The van der Waals surface area contributed by atoms with Gasteiger partial charge in [-0.1, -0.05) is 6.07 Å². The van der Waals surface area contributed by atoms with E-state index in [1.54, 1.807) is 22.7 Å². The molecule has 0 bridgehead atoms. The lowest BCUT2D eigenvalue weighted by molar-refractivity contribution is 0.0301. The number of carbonyl (C=O) groups excluding carboxylic acids is 2. The highest BCUT2D eigenvalue weighted by Crippen LogP contribution is 2.16. The number of aromatic nitrogens is 5. The summed E-state index contributed by atoms with van der Waals surface area (Å²) in [6.07, 6.45) is 3.39. The van der Waals surface area contributed by atoms with Gasteiger partial charge in [0.15, 0.2) is 11.4 Å². The molecule has 0 saturated carbocycles. The minimum Gasteiger partial charge on any atom is -0.378 e. The first-order valence-corrected chi connectivity index (χ1v) is 9.39. The Balaban J connectivity index is 1.58. The highest BCUT2D eigenvalue weighted by Gasteiger charge is 2.27. The summed E-state index contributed by atoms with van der Waals surface area (Å²) in [5, 5.41) is 8.55. The zero-order valence-electron chi connectivity index (χ0n) is 16.7. The Kier molecular flexibility index (Phi) is 5.01. The Morgan fingerprint density at radius 2 is 1.97 bits per heavy atom. The fourth-order valence-corrected chi connectivity index (χ4v) is 3.34. The molecule has 0 unspecified atom stereocenters. The van der Waals surface area contributed by atoms with Crippen LogP contribution in [0.15, 0.2) is 24.5 Å². The van der Waals surface area contributed by atoms with Gasteiger partial charge in [0, 0.05) is 46.9 Å². The second kappa shape index (κ2) is 7.63. The Morgan fingerprint density at radius 3 is 2.69 bits per heavy atom. The normalized spacial score (nSPS) is 14.4. The molecular formula is C19H23N7O3. The Labute approximate surface area is 167 Å². The summed E-state index contributed by atoms with van der Waals surface area (Å²) < 4.78 is 8.42. The van der Waals surface area contributed by atoms with E-state index < -0.39 is 0 Å². The standard InChI is InChI=1S/C19H23N7O3/c1-23(2)19-21-16-5-4-13(12-26(16)22-19)10-15(27)17-14(11-20-24(17)3)18(28)25-6-8-29-9-7-25/h4-5,11-12H,6-10H2,1-3H3. The maximum atomic E-state index is 13.0. The number of aryl methyl sites for hydroxylation is 1. The molecule has 0 N–H and O–H groups in total. The van der Waals surface area contributed by atoms with Crippen molar-refractivity contribution in [2.75, 3.05) is 45.3 Å². The molecule has 152 valence electrons. The first-order valence-electron chi connectivity index (χ1n) is 9.39. The third kappa shape index (κ3) is 3.70. The van der Waals surface area contributed by atoms with Crippen molar-refractivity contribution >= 4 is 23.3 Å². The van der Waals surface area contributed by atoms with Gasteiger partial charge < -0.3 is 14.5 Å². The quantitative estimate of drug-likeness (QED) is 0.576. The second-order valence-corrected chi connectivity index (χ2v) is 7.18. The molecule has 3 aromatic rings. The van der Waals surface area contributed by atoms with E-state index in [0.29, 0.717) is 49.2 Å². The minimum absolute atomic E-state index is 0.135. The van der Waals surface area contributed by atoms with Crippen LogP contribution in [0.25, 0.3) is 5.65 Å². The second-order valence-electron chi connectivity index (χ2n) is 7.18. The molecule has 10 nitrogen and oxygen atoms in total. The summed E-state index contributed by atoms with van der Waals surface area (Å²) in [6, 6.07) is 3.67. The molecule has 0 radical (unpaired) electrons. The van der Waals surface area contributed by atoms with Gasteiger partial charge in [-0.2, -0.15) is 10.1 Å². The van der Waals surface area contributed by atoms with Gasteiger partial charge in [-0.15, -0.1) is 5.10 Å². The monoisotopic (exact) mass is 397 g/mol. The number of anilines is 1. The maximum Gasteiger partial charge on any atom is 0.257 e. The van der Waals surface area contributed by atoms with Crippen LogP contribution in [0.1, 0.15) is 26.4 Å². The van der Waals surface area contributed by atoms with Crippen molar-refractivity contribution < 1.29 is 14.3 Å². The van der Waals surface area contributed by atoms with Crippen LogP contribution in [0.3, 0.4) is 0 Å². The van der Waals surface area contributed by atoms with Crippen molar-refractivity contribution in [3.63, 3.8) is 0 Å². The number of carbonyl (C=O) groups is 2. The van der Waals surface area contributed by atoms with Crippen LogP contribution >= 0.6 is 0 Å². The number of hydrogen-bond donors (Lipinski definition) is 0. The number of ketones is 1. The molecule has 1 aliphatic heterocycles. The summed E-state index contributed by atoms with van der Waals surface area (Å²) in [7, 11) is 5.41. The van der Waals surface area contributed by atoms with Crippen LogP contribution < -0.4 is 4.90 Å². The summed E-state index contributed by atoms with van der Waals surface area (Å²) in [4.78, 5) is 33.8. The number of ether oxygens (including phenoxy) is 1. The van der Waals surface area contributed by atoms with Gasteiger partial charge in [0.25, 0.3) is 5.91 Å². The Hall–Kier alpha value is -3.27. The third-order valence-electron chi connectivity index (χ3n) is 4.88. The summed E-state index contributed by atoms with van der Waals surface area (Å²) in [5.41, 5.74) is 2.13. The smallest absolute Gasteiger partial charge is 0.257 e. The lowest BCUT2D eigenvalue weighted by atomic mass is 10.1. The molecule has 1 aliphatic rings. The number of nitrogens with zero attached hydrogens (tertiary/aromatic N) is 7. The van der Waals surface area contributed by atoms with Gasteiger partial charge in [-0.25, -0.2) is 4.52 Å². The number of amides is 1. The molecule has 1 amide bonds. The van der Waals surface area contributed by atoms with Crippen molar-refractivity contribution in [1.29, 1.82) is 0 Å². The topological polar surface area (TPSA) is 97.9 Å². The van der Waals surface area contributed by atoms with Gasteiger partial charge >= 0.3 is 0 Å². The molecule has 3 aromatic heterocycles. The number of morpholine rings is 1. The van der Waals surface area contributed by atoms with E-state index >= 15 is 0 Å². The molecule has 0 spiro atoms. The van der Waals surface area contributed by atoms with Gasteiger partial charge in [0.05, 0.1) is 25.0 Å². The van der Waals surface area contributed by atoms with Crippen molar-refractivity contribution in [3.05, 3.63) is 41.3 Å². The first kappa shape index (κ1) is 19.1. The first-order chi connectivity index (χ1) is 13.9. The Morgan fingerprint density at radius 1 is 1.21 bits per heavy atom. The van der Waals surface area contributed by atoms with Crippen molar-refractivity contribution in [3.8, 4) is 0 Å². The summed E-state index contributed by atoms with van der Waals surface area (Å²) in [6.45, 7) is 2.03. The van der Waals surface area contributed by atoms with Gasteiger partial charge in [0.1, 0.15) is 5.69 Å². The number of fused-ring (bicyclic) bond motifs is 1. The number of Topliss-reactive ketones (excluding diaryl/α,β-unsaturated/α-hetero) is 1. The highest BCUT2D eigenvalue weighted by atomic mass is 16.5. The van der Waals surface area contributed by atoms with E-state index in [2.05, 4.69) is 15.2 Å². The summed E-state index contributed by atoms with van der Waals surface area (Å²) >= 11 is 0. The van der Waals surface area contributed by atoms with Crippen LogP contribution in [0, 0.1) is 0 Å². The molecule has 10 heteroatoms. The SMILES string of the molecule is CN(C)c1nc2ccc(CC(=O)c3c(C(=O)N4CCOCC4)cnn3C)cn2n1. The van der Waals surface area contributed by atoms with E-state index in [4.69, 9.17) is 4.74 Å². The van der Waals surface area contributed by atoms with E-state index in [0.717, 1.165) is 5.56 Å². The fraction of sp³-hybridized carbons (Fsp3) is 0.421. The van der Waals surface area contributed by atoms with Crippen LogP contribution in [0.4, 0.5) is 5.95 Å². The van der Waals surface area contributed by atoms with Gasteiger partial charge in [-0.05, 0) is 11.6 Å². The van der Waals surface area contributed by atoms with Crippen molar-refractivity contribution in [1.82, 2.24) is 29.3 Å². The van der Waals surface area contributed by atoms with E-state index in [1.807, 2.05) is 31.1 Å². The maximum absolute atomic E-state index is 13.0.